The molecule has 0 saturated heterocycles. The molecule has 7 nitrogen and oxygen atoms in total. The maximum Gasteiger partial charge on any atom is 0.404 e. The Bertz CT molecular complexity index is 476. The molecule has 0 aliphatic carbocycles. The number of hydrogen-bond acceptors (Lipinski definition) is 4. The van der Waals surface area contributed by atoms with Crippen LogP contribution >= 0.6 is 0 Å². The minimum absolute atomic E-state index is 0.0842. The Balaban J connectivity index is 2.48. The van der Waals surface area contributed by atoms with Crippen LogP contribution in [-0.4, -0.2) is 37.9 Å². The Kier molecular flexibility index (Phi) is 6.15. The van der Waals surface area contributed by atoms with Gasteiger partial charge in [0, 0.05) is 31.1 Å². The molecule has 0 unspecified atom stereocenters. The van der Waals surface area contributed by atoms with Crippen molar-refractivity contribution in [3.8, 4) is 11.5 Å². The Labute approximate surface area is 116 Å². The van der Waals surface area contributed by atoms with Crippen LogP contribution in [0.1, 0.15) is 12.0 Å². The zero-order valence-corrected chi connectivity index (χ0v) is 11.4. The standard InChI is InChI=1S/C13H18N2O5/c1-19-10-4-3-9(11(7-10)20-2)8-15-12(16)5-6-14-13(17)18/h3-4,7,14H,5-6,8H2,1-2H3,(H,15,16)(H,17,18). The minimum atomic E-state index is -1.14. The number of benzene rings is 1. The third-order valence-electron chi connectivity index (χ3n) is 2.60. The lowest BCUT2D eigenvalue weighted by atomic mass is 10.2. The maximum absolute atomic E-state index is 11.5. The van der Waals surface area contributed by atoms with E-state index in [0.717, 1.165) is 5.56 Å². The number of hydrogen-bond donors (Lipinski definition) is 3. The topological polar surface area (TPSA) is 96.9 Å². The van der Waals surface area contributed by atoms with Crippen LogP contribution < -0.4 is 20.1 Å². The lowest BCUT2D eigenvalue weighted by Crippen LogP contribution is -2.29. The zero-order chi connectivity index (χ0) is 15.0. The SMILES string of the molecule is COc1ccc(CNC(=O)CCNC(=O)O)c(OC)c1. The number of carbonyl (C=O) groups excluding carboxylic acids is 1. The molecule has 0 aromatic heterocycles. The van der Waals surface area contributed by atoms with Crippen molar-refractivity contribution in [2.45, 2.75) is 13.0 Å². The maximum atomic E-state index is 11.5. The van der Waals surface area contributed by atoms with Gasteiger partial charge in [-0.25, -0.2) is 4.79 Å². The fourth-order valence-electron chi connectivity index (χ4n) is 1.56. The number of ether oxygens (including phenoxy) is 2. The van der Waals surface area contributed by atoms with Crippen LogP contribution in [0.25, 0.3) is 0 Å². The highest BCUT2D eigenvalue weighted by molar-refractivity contribution is 5.76. The monoisotopic (exact) mass is 282 g/mol. The summed E-state index contributed by atoms with van der Waals surface area (Å²) in [4.78, 5) is 21.7. The zero-order valence-electron chi connectivity index (χ0n) is 11.4. The number of nitrogens with one attached hydrogen (secondary N) is 2. The molecule has 0 heterocycles. The molecule has 1 aromatic carbocycles. The van der Waals surface area contributed by atoms with E-state index in [0.29, 0.717) is 18.0 Å². The molecule has 1 aromatic rings. The van der Waals surface area contributed by atoms with Gasteiger partial charge in [-0.05, 0) is 12.1 Å². The fraction of sp³-hybridized carbons (Fsp3) is 0.385. The minimum Gasteiger partial charge on any atom is -0.497 e. The number of carboxylic acid groups (broad SMARTS) is 1. The van der Waals surface area contributed by atoms with Crippen LogP contribution in [0.15, 0.2) is 18.2 Å². The molecule has 0 spiro atoms. The first kappa shape index (κ1) is 15.6. The molecular weight excluding hydrogens is 264 g/mol. The number of carbonyl (C=O) groups is 2. The largest absolute Gasteiger partial charge is 0.497 e. The summed E-state index contributed by atoms with van der Waals surface area (Å²) < 4.78 is 10.3. The number of amides is 2. The normalized spacial score (nSPS) is 9.70. The van der Waals surface area contributed by atoms with E-state index >= 15 is 0 Å². The van der Waals surface area contributed by atoms with Crippen molar-refractivity contribution in [3.05, 3.63) is 23.8 Å². The van der Waals surface area contributed by atoms with Crippen LogP contribution in [0.4, 0.5) is 4.79 Å². The molecule has 3 N–H and O–H groups in total. The van der Waals surface area contributed by atoms with Crippen molar-refractivity contribution >= 4 is 12.0 Å². The second kappa shape index (κ2) is 7.88. The molecule has 0 aliphatic heterocycles. The summed E-state index contributed by atoms with van der Waals surface area (Å²) in [5.74, 6) is 1.05. The highest BCUT2D eigenvalue weighted by Gasteiger charge is 2.07. The van der Waals surface area contributed by atoms with E-state index in [4.69, 9.17) is 14.6 Å². The van der Waals surface area contributed by atoms with Gasteiger partial charge in [-0.15, -0.1) is 0 Å². The van der Waals surface area contributed by atoms with Crippen molar-refractivity contribution in [2.24, 2.45) is 0 Å². The lowest BCUT2D eigenvalue weighted by molar-refractivity contribution is -0.121. The van der Waals surface area contributed by atoms with Crippen molar-refractivity contribution in [2.75, 3.05) is 20.8 Å². The first-order valence-electron chi connectivity index (χ1n) is 6.01. The number of rotatable bonds is 7. The van der Waals surface area contributed by atoms with Crippen molar-refractivity contribution in [1.82, 2.24) is 10.6 Å². The molecule has 20 heavy (non-hydrogen) atoms. The molecule has 0 saturated carbocycles. The van der Waals surface area contributed by atoms with Crippen molar-refractivity contribution < 1.29 is 24.2 Å². The summed E-state index contributed by atoms with van der Waals surface area (Å²) in [6, 6.07) is 5.30. The average molecular weight is 282 g/mol. The smallest absolute Gasteiger partial charge is 0.404 e. The lowest BCUT2D eigenvalue weighted by Gasteiger charge is -2.11. The molecule has 1 rings (SSSR count). The third kappa shape index (κ3) is 5.05. The van der Waals surface area contributed by atoms with E-state index in [1.807, 2.05) is 0 Å². The second-order valence-corrected chi connectivity index (χ2v) is 3.94. The van der Waals surface area contributed by atoms with E-state index in [1.165, 1.54) is 7.11 Å². The van der Waals surface area contributed by atoms with Crippen LogP contribution in [0, 0.1) is 0 Å². The molecular formula is C13H18N2O5. The first-order valence-corrected chi connectivity index (χ1v) is 6.01. The summed E-state index contributed by atoms with van der Waals surface area (Å²) in [6.45, 7) is 0.389. The summed E-state index contributed by atoms with van der Waals surface area (Å²) in [7, 11) is 3.10. The van der Waals surface area contributed by atoms with E-state index in [9.17, 15) is 9.59 Å². The van der Waals surface area contributed by atoms with Crippen LogP contribution in [0.2, 0.25) is 0 Å². The van der Waals surface area contributed by atoms with Crippen LogP contribution in [0.5, 0.6) is 11.5 Å². The Hall–Kier alpha value is -2.44. The summed E-state index contributed by atoms with van der Waals surface area (Å²) in [5, 5.41) is 13.2. The highest BCUT2D eigenvalue weighted by atomic mass is 16.5. The van der Waals surface area contributed by atoms with E-state index in [-0.39, 0.29) is 18.9 Å². The quantitative estimate of drug-likeness (QED) is 0.692. The van der Waals surface area contributed by atoms with Gasteiger partial charge in [0.15, 0.2) is 0 Å². The Morgan fingerprint density at radius 3 is 2.55 bits per heavy atom. The third-order valence-corrected chi connectivity index (χ3v) is 2.60. The van der Waals surface area contributed by atoms with Gasteiger partial charge < -0.3 is 25.2 Å². The number of methoxy groups -OCH3 is 2. The van der Waals surface area contributed by atoms with Gasteiger partial charge in [-0.2, -0.15) is 0 Å². The molecule has 7 heteroatoms. The van der Waals surface area contributed by atoms with Crippen LogP contribution in [0.3, 0.4) is 0 Å². The molecule has 110 valence electrons. The molecule has 2 amide bonds. The van der Waals surface area contributed by atoms with Gasteiger partial charge in [0.1, 0.15) is 11.5 Å². The molecule has 0 aliphatic rings. The van der Waals surface area contributed by atoms with Gasteiger partial charge in [0.05, 0.1) is 14.2 Å². The summed E-state index contributed by atoms with van der Waals surface area (Å²) in [5.41, 5.74) is 0.813. The Morgan fingerprint density at radius 1 is 1.20 bits per heavy atom. The molecule has 0 fully saturated rings. The van der Waals surface area contributed by atoms with Gasteiger partial charge in [0.25, 0.3) is 0 Å². The predicted octanol–water partition coefficient (Wildman–Crippen LogP) is 0.978. The average Bonchev–Trinajstić information content (AvgIpc) is 2.44. The molecule has 0 radical (unpaired) electrons. The highest BCUT2D eigenvalue weighted by Crippen LogP contribution is 2.24. The van der Waals surface area contributed by atoms with E-state index < -0.39 is 6.09 Å². The van der Waals surface area contributed by atoms with Gasteiger partial charge in [-0.1, -0.05) is 0 Å². The Morgan fingerprint density at radius 2 is 1.95 bits per heavy atom. The van der Waals surface area contributed by atoms with Gasteiger partial charge in [-0.3, -0.25) is 4.79 Å². The van der Waals surface area contributed by atoms with E-state index in [2.05, 4.69) is 10.6 Å². The van der Waals surface area contributed by atoms with Crippen molar-refractivity contribution in [1.29, 1.82) is 0 Å². The summed E-state index contributed by atoms with van der Waals surface area (Å²) >= 11 is 0. The summed E-state index contributed by atoms with van der Waals surface area (Å²) in [6.07, 6.45) is -1.06. The second-order valence-electron chi connectivity index (χ2n) is 3.94. The van der Waals surface area contributed by atoms with Gasteiger partial charge in [0.2, 0.25) is 5.91 Å². The first-order chi connectivity index (χ1) is 9.56. The fourth-order valence-corrected chi connectivity index (χ4v) is 1.56. The van der Waals surface area contributed by atoms with Crippen LogP contribution in [-0.2, 0) is 11.3 Å². The van der Waals surface area contributed by atoms with Gasteiger partial charge >= 0.3 is 6.09 Å². The molecule has 0 atom stereocenters. The van der Waals surface area contributed by atoms with Crippen molar-refractivity contribution in [3.63, 3.8) is 0 Å². The predicted molar refractivity (Wildman–Crippen MR) is 72.0 cm³/mol. The molecule has 0 bridgehead atoms. The van der Waals surface area contributed by atoms with E-state index in [1.54, 1.807) is 25.3 Å².